The molecule has 0 saturated carbocycles. The van der Waals surface area contributed by atoms with E-state index in [1.807, 2.05) is 0 Å². The third-order valence-corrected chi connectivity index (χ3v) is 2.51. The molecule has 0 aromatic carbocycles. The van der Waals surface area contributed by atoms with Gasteiger partial charge in [-0.3, -0.25) is 9.78 Å². The fourth-order valence-electron chi connectivity index (χ4n) is 1.35. The Morgan fingerprint density at radius 2 is 2.47 bits per heavy atom. The Labute approximate surface area is 106 Å². The standard InChI is InChI=1S/C12H15ClN2O2/c1-3-6-15(7-8-17-2)12(16)10-4-5-14-9-11(10)13/h3-5,9H,1,6-8H2,2H3. The number of carbonyl (C=O) groups excluding carboxylic acids is 1. The molecular weight excluding hydrogens is 240 g/mol. The normalized spacial score (nSPS) is 10.0. The van der Waals surface area contributed by atoms with Crippen LogP contribution in [0.25, 0.3) is 0 Å². The molecule has 1 aromatic heterocycles. The van der Waals surface area contributed by atoms with Crippen LogP contribution in [0, 0.1) is 0 Å². The summed E-state index contributed by atoms with van der Waals surface area (Å²) in [5.74, 6) is -0.144. The zero-order chi connectivity index (χ0) is 12.7. The van der Waals surface area contributed by atoms with Gasteiger partial charge in [-0.05, 0) is 6.07 Å². The summed E-state index contributed by atoms with van der Waals surface area (Å²) in [5.41, 5.74) is 0.444. The van der Waals surface area contributed by atoms with Crippen molar-refractivity contribution in [3.63, 3.8) is 0 Å². The van der Waals surface area contributed by atoms with E-state index in [9.17, 15) is 4.79 Å². The largest absolute Gasteiger partial charge is 0.383 e. The maximum absolute atomic E-state index is 12.2. The fraction of sp³-hybridized carbons (Fsp3) is 0.333. The number of hydrogen-bond donors (Lipinski definition) is 0. The summed E-state index contributed by atoms with van der Waals surface area (Å²) in [6.45, 7) is 5.06. The first-order chi connectivity index (χ1) is 8.20. The van der Waals surface area contributed by atoms with Gasteiger partial charge in [0.1, 0.15) is 0 Å². The van der Waals surface area contributed by atoms with Crippen LogP contribution >= 0.6 is 11.6 Å². The topological polar surface area (TPSA) is 42.4 Å². The Kier molecular flexibility index (Phi) is 5.66. The lowest BCUT2D eigenvalue weighted by Gasteiger charge is -2.21. The second-order valence-electron chi connectivity index (χ2n) is 3.39. The van der Waals surface area contributed by atoms with Crippen LogP contribution in [-0.4, -0.2) is 42.6 Å². The number of aromatic nitrogens is 1. The third kappa shape index (κ3) is 3.84. The van der Waals surface area contributed by atoms with Gasteiger partial charge < -0.3 is 9.64 Å². The van der Waals surface area contributed by atoms with E-state index in [0.29, 0.717) is 30.3 Å². The van der Waals surface area contributed by atoms with Crippen molar-refractivity contribution < 1.29 is 9.53 Å². The van der Waals surface area contributed by atoms with Crippen LogP contribution in [0.5, 0.6) is 0 Å². The zero-order valence-corrected chi connectivity index (χ0v) is 10.5. The van der Waals surface area contributed by atoms with E-state index in [0.717, 1.165) is 0 Å². The quantitative estimate of drug-likeness (QED) is 0.730. The molecule has 5 heteroatoms. The van der Waals surface area contributed by atoms with Crippen LogP contribution in [0.3, 0.4) is 0 Å². The molecule has 0 saturated heterocycles. The molecule has 0 bridgehead atoms. The van der Waals surface area contributed by atoms with E-state index in [1.54, 1.807) is 30.3 Å². The molecule has 1 rings (SSSR count). The van der Waals surface area contributed by atoms with Gasteiger partial charge in [-0.15, -0.1) is 6.58 Å². The van der Waals surface area contributed by atoms with Crippen molar-refractivity contribution in [2.24, 2.45) is 0 Å². The number of amides is 1. The van der Waals surface area contributed by atoms with Gasteiger partial charge in [0, 0.05) is 32.6 Å². The van der Waals surface area contributed by atoms with Crippen LogP contribution in [-0.2, 0) is 4.74 Å². The zero-order valence-electron chi connectivity index (χ0n) is 9.73. The first-order valence-corrected chi connectivity index (χ1v) is 5.57. The van der Waals surface area contributed by atoms with Crippen molar-refractivity contribution in [1.29, 1.82) is 0 Å². The number of halogens is 1. The van der Waals surface area contributed by atoms with E-state index in [2.05, 4.69) is 11.6 Å². The first-order valence-electron chi connectivity index (χ1n) is 5.19. The minimum atomic E-state index is -0.144. The molecule has 17 heavy (non-hydrogen) atoms. The first kappa shape index (κ1) is 13.7. The lowest BCUT2D eigenvalue weighted by molar-refractivity contribution is 0.0718. The predicted octanol–water partition coefficient (Wildman–Crippen LogP) is 2.01. The van der Waals surface area contributed by atoms with Crippen molar-refractivity contribution in [1.82, 2.24) is 9.88 Å². The maximum Gasteiger partial charge on any atom is 0.255 e. The van der Waals surface area contributed by atoms with Crippen LogP contribution in [0.2, 0.25) is 5.02 Å². The number of hydrogen-bond acceptors (Lipinski definition) is 3. The maximum atomic E-state index is 12.2. The molecule has 0 radical (unpaired) electrons. The molecule has 0 spiro atoms. The Balaban J connectivity index is 2.83. The summed E-state index contributed by atoms with van der Waals surface area (Å²) in [7, 11) is 1.59. The third-order valence-electron chi connectivity index (χ3n) is 2.20. The van der Waals surface area contributed by atoms with Gasteiger partial charge in [0.2, 0.25) is 0 Å². The molecule has 0 aliphatic rings. The summed E-state index contributed by atoms with van der Waals surface area (Å²) >= 11 is 5.93. The van der Waals surface area contributed by atoms with Crippen molar-refractivity contribution >= 4 is 17.5 Å². The Hall–Kier alpha value is -1.39. The van der Waals surface area contributed by atoms with E-state index in [1.165, 1.54) is 6.20 Å². The van der Waals surface area contributed by atoms with Gasteiger partial charge in [-0.1, -0.05) is 17.7 Å². The molecule has 0 aliphatic heterocycles. The monoisotopic (exact) mass is 254 g/mol. The van der Waals surface area contributed by atoms with Crippen LogP contribution < -0.4 is 0 Å². The van der Waals surface area contributed by atoms with E-state index in [-0.39, 0.29) is 5.91 Å². The summed E-state index contributed by atoms with van der Waals surface area (Å²) in [5, 5.41) is 0.351. The average molecular weight is 255 g/mol. The molecule has 0 N–H and O–H groups in total. The Morgan fingerprint density at radius 1 is 1.71 bits per heavy atom. The van der Waals surface area contributed by atoms with Crippen molar-refractivity contribution in [2.75, 3.05) is 26.8 Å². The highest BCUT2D eigenvalue weighted by Crippen LogP contribution is 2.15. The molecule has 1 aromatic rings. The number of pyridine rings is 1. The second-order valence-corrected chi connectivity index (χ2v) is 3.80. The number of carbonyl (C=O) groups is 1. The van der Waals surface area contributed by atoms with Gasteiger partial charge in [0.05, 0.1) is 17.2 Å². The molecule has 4 nitrogen and oxygen atoms in total. The second kappa shape index (κ2) is 7.04. The minimum Gasteiger partial charge on any atom is -0.383 e. The molecule has 0 fully saturated rings. The summed E-state index contributed by atoms with van der Waals surface area (Å²) in [4.78, 5) is 17.6. The van der Waals surface area contributed by atoms with Crippen molar-refractivity contribution in [3.8, 4) is 0 Å². The van der Waals surface area contributed by atoms with Gasteiger partial charge in [0.15, 0.2) is 0 Å². The fourth-order valence-corrected chi connectivity index (χ4v) is 1.55. The van der Waals surface area contributed by atoms with E-state index >= 15 is 0 Å². The summed E-state index contributed by atoms with van der Waals surface area (Å²) in [6.07, 6.45) is 4.67. The number of ether oxygens (including phenoxy) is 1. The molecule has 1 heterocycles. The van der Waals surface area contributed by atoms with Gasteiger partial charge in [0.25, 0.3) is 5.91 Å². The van der Waals surface area contributed by atoms with Crippen LogP contribution in [0.1, 0.15) is 10.4 Å². The van der Waals surface area contributed by atoms with Gasteiger partial charge in [-0.2, -0.15) is 0 Å². The predicted molar refractivity (Wildman–Crippen MR) is 67.2 cm³/mol. The van der Waals surface area contributed by atoms with Gasteiger partial charge >= 0.3 is 0 Å². The Morgan fingerprint density at radius 3 is 3.06 bits per heavy atom. The molecular formula is C12H15ClN2O2. The SMILES string of the molecule is C=CCN(CCOC)C(=O)c1ccncc1Cl. The summed E-state index contributed by atoms with van der Waals surface area (Å²) < 4.78 is 4.96. The van der Waals surface area contributed by atoms with E-state index in [4.69, 9.17) is 16.3 Å². The molecule has 1 amide bonds. The molecule has 0 atom stereocenters. The molecule has 0 unspecified atom stereocenters. The van der Waals surface area contributed by atoms with E-state index < -0.39 is 0 Å². The highest BCUT2D eigenvalue weighted by atomic mass is 35.5. The number of rotatable bonds is 6. The minimum absolute atomic E-state index is 0.144. The average Bonchev–Trinajstić information content (AvgIpc) is 2.34. The molecule has 92 valence electrons. The lowest BCUT2D eigenvalue weighted by atomic mass is 10.2. The lowest BCUT2D eigenvalue weighted by Crippen LogP contribution is -2.34. The molecule has 0 aliphatic carbocycles. The highest BCUT2D eigenvalue weighted by Gasteiger charge is 2.16. The van der Waals surface area contributed by atoms with Crippen LogP contribution in [0.15, 0.2) is 31.1 Å². The Bertz CT molecular complexity index is 396. The summed E-state index contributed by atoms with van der Waals surface area (Å²) in [6, 6.07) is 1.60. The van der Waals surface area contributed by atoms with Crippen LogP contribution in [0.4, 0.5) is 0 Å². The van der Waals surface area contributed by atoms with Crippen molar-refractivity contribution in [3.05, 3.63) is 41.7 Å². The number of nitrogens with zero attached hydrogens (tertiary/aromatic N) is 2. The smallest absolute Gasteiger partial charge is 0.255 e. The van der Waals surface area contributed by atoms with Crippen molar-refractivity contribution in [2.45, 2.75) is 0 Å². The van der Waals surface area contributed by atoms with Gasteiger partial charge in [-0.25, -0.2) is 0 Å². The number of methoxy groups -OCH3 is 1. The highest BCUT2D eigenvalue weighted by molar-refractivity contribution is 6.33.